The van der Waals surface area contributed by atoms with Crippen LogP contribution in [0.5, 0.6) is 0 Å². The first-order valence-corrected chi connectivity index (χ1v) is 7.81. The van der Waals surface area contributed by atoms with E-state index in [1.165, 1.54) is 17.4 Å². The Morgan fingerprint density at radius 2 is 2.05 bits per heavy atom. The number of benzene rings is 1. The molecule has 0 aliphatic heterocycles. The van der Waals surface area contributed by atoms with E-state index in [0.29, 0.717) is 5.92 Å². The van der Waals surface area contributed by atoms with Crippen molar-refractivity contribution in [1.82, 2.24) is 0 Å². The third kappa shape index (κ3) is 2.37. The molecule has 0 saturated heterocycles. The molecule has 2 aromatic rings. The van der Waals surface area contributed by atoms with Gasteiger partial charge >= 0.3 is 0 Å². The van der Waals surface area contributed by atoms with Gasteiger partial charge in [0.15, 0.2) is 0 Å². The molecule has 0 spiro atoms. The SMILES string of the molecule is Cc1cccc2cc(C3CC(C(C)C)CCC3N)oc12. The number of aryl methyl sites for hydroxylation is 1. The molecule has 2 N–H and O–H groups in total. The molecule has 0 bridgehead atoms. The maximum absolute atomic E-state index is 6.37. The molecule has 3 rings (SSSR count). The Labute approximate surface area is 121 Å². The maximum atomic E-state index is 6.37. The van der Waals surface area contributed by atoms with Crippen LogP contribution >= 0.6 is 0 Å². The van der Waals surface area contributed by atoms with Crippen LogP contribution in [0.15, 0.2) is 28.7 Å². The highest BCUT2D eigenvalue weighted by Gasteiger charge is 2.32. The fourth-order valence-electron chi connectivity index (χ4n) is 3.57. The van der Waals surface area contributed by atoms with Crippen molar-refractivity contribution in [3.05, 3.63) is 35.6 Å². The van der Waals surface area contributed by atoms with Gasteiger partial charge in [-0.05, 0) is 49.7 Å². The molecule has 108 valence electrons. The van der Waals surface area contributed by atoms with Gasteiger partial charge in [0.1, 0.15) is 11.3 Å². The normalized spacial score (nSPS) is 27.4. The van der Waals surface area contributed by atoms with E-state index < -0.39 is 0 Å². The number of hydrogen-bond donors (Lipinski definition) is 1. The number of fused-ring (bicyclic) bond motifs is 1. The summed E-state index contributed by atoms with van der Waals surface area (Å²) >= 11 is 0. The van der Waals surface area contributed by atoms with Crippen LogP contribution in [-0.4, -0.2) is 6.04 Å². The summed E-state index contributed by atoms with van der Waals surface area (Å²) in [5.74, 6) is 2.97. The second-order valence-corrected chi connectivity index (χ2v) is 6.73. The highest BCUT2D eigenvalue weighted by molar-refractivity contribution is 5.81. The van der Waals surface area contributed by atoms with Gasteiger partial charge in [-0.2, -0.15) is 0 Å². The zero-order valence-corrected chi connectivity index (χ0v) is 12.7. The van der Waals surface area contributed by atoms with Crippen molar-refractivity contribution in [2.45, 2.75) is 52.0 Å². The molecule has 1 aromatic carbocycles. The second-order valence-electron chi connectivity index (χ2n) is 6.73. The summed E-state index contributed by atoms with van der Waals surface area (Å²) in [5, 5.41) is 1.21. The van der Waals surface area contributed by atoms with Crippen LogP contribution in [0, 0.1) is 18.8 Å². The van der Waals surface area contributed by atoms with Crippen molar-refractivity contribution >= 4 is 11.0 Å². The third-order valence-electron chi connectivity index (χ3n) is 5.01. The predicted molar refractivity (Wildman–Crippen MR) is 83.8 cm³/mol. The van der Waals surface area contributed by atoms with E-state index in [1.807, 2.05) is 0 Å². The molecule has 2 nitrogen and oxygen atoms in total. The lowest BCUT2D eigenvalue weighted by molar-refractivity contribution is 0.218. The molecule has 3 unspecified atom stereocenters. The quantitative estimate of drug-likeness (QED) is 0.866. The largest absolute Gasteiger partial charge is 0.460 e. The molecule has 0 radical (unpaired) electrons. The monoisotopic (exact) mass is 271 g/mol. The van der Waals surface area contributed by atoms with E-state index in [9.17, 15) is 0 Å². The summed E-state index contributed by atoms with van der Waals surface area (Å²) in [4.78, 5) is 0. The van der Waals surface area contributed by atoms with E-state index in [-0.39, 0.29) is 6.04 Å². The van der Waals surface area contributed by atoms with Crippen molar-refractivity contribution in [3.63, 3.8) is 0 Å². The second kappa shape index (κ2) is 5.25. The highest BCUT2D eigenvalue weighted by atomic mass is 16.3. The number of nitrogens with two attached hydrogens (primary N) is 1. The van der Waals surface area contributed by atoms with E-state index in [1.54, 1.807) is 0 Å². The molecule has 1 aromatic heterocycles. The Balaban J connectivity index is 1.94. The molecular weight excluding hydrogens is 246 g/mol. The molecule has 2 heteroatoms. The maximum Gasteiger partial charge on any atom is 0.137 e. The van der Waals surface area contributed by atoms with Gasteiger partial charge in [0.2, 0.25) is 0 Å². The molecule has 1 aliphatic rings. The van der Waals surface area contributed by atoms with Crippen molar-refractivity contribution in [2.24, 2.45) is 17.6 Å². The Morgan fingerprint density at radius 1 is 1.25 bits per heavy atom. The first kappa shape index (κ1) is 13.7. The number of para-hydroxylation sites is 1. The molecule has 0 amide bonds. The van der Waals surface area contributed by atoms with Gasteiger partial charge in [0.05, 0.1) is 0 Å². The summed E-state index contributed by atoms with van der Waals surface area (Å²) < 4.78 is 6.16. The molecule has 1 saturated carbocycles. The minimum Gasteiger partial charge on any atom is -0.460 e. The summed E-state index contributed by atoms with van der Waals surface area (Å²) in [7, 11) is 0. The average Bonchev–Trinajstić information content (AvgIpc) is 2.84. The molecule has 1 heterocycles. The Kier molecular flexibility index (Phi) is 3.59. The van der Waals surface area contributed by atoms with E-state index in [0.717, 1.165) is 36.0 Å². The molecule has 3 atom stereocenters. The highest BCUT2D eigenvalue weighted by Crippen LogP contribution is 2.40. The minimum absolute atomic E-state index is 0.242. The fourth-order valence-corrected chi connectivity index (χ4v) is 3.57. The van der Waals surface area contributed by atoms with E-state index in [4.69, 9.17) is 10.2 Å². The van der Waals surface area contributed by atoms with E-state index in [2.05, 4.69) is 45.0 Å². The standard InChI is InChI=1S/C18H25NO/c1-11(2)13-7-8-16(19)15(9-13)17-10-14-6-4-5-12(3)18(14)20-17/h4-6,10-11,13,15-16H,7-9,19H2,1-3H3. The van der Waals surface area contributed by atoms with Gasteiger partial charge in [0, 0.05) is 17.3 Å². The van der Waals surface area contributed by atoms with Gasteiger partial charge in [-0.25, -0.2) is 0 Å². The van der Waals surface area contributed by atoms with Crippen LogP contribution in [0.3, 0.4) is 0 Å². The minimum atomic E-state index is 0.242. The summed E-state index contributed by atoms with van der Waals surface area (Å²) in [6, 6.07) is 8.77. The van der Waals surface area contributed by atoms with Gasteiger partial charge in [-0.3, -0.25) is 0 Å². The molecular formula is C18H25NO. The summed E-state index contributed by atoms with van der Waals surface area (Å²) in [6.07, 6.45) is 3.54. The van der Waals surface area contributed by atoms with Gasteiger partial charge < -0.3 is 10.2 Å². The number of hydrogen-bond acceptors (Lipinski definition) is 2. The first-order chi connectivity index (χ1) is 9.56. The van der Waals surface area contributed by atoms with Crippen molar-refractivity contribution < 1.29 is 4.42 Å². The Bertz CT molecular complexity index is 598. The van der Waals surface area contributed by atoms with Crippen LogP contribution in [0.25, 0.3) is 11.0 Å². The smallest absolute Gasteiger partial charge is 0.137 e. The molecule has 20 heavy (non-hydrogen) atoms. The van der Waals surface area contributed by atoms with Crippen LogP contribution in [0.4, 0.5) is 0 Å². The van der Waals surface area contributed by atoms with Crippen molar-refractivity contribution in [3.8, 4) is 0 Å². The van der Waals surface area contributed by atoms with Gasteiger partial charge in [0.25, 0.3) is 0 Å². The zero-order valence-electron chi connectivity index (χ0n) is 12.7. The van der Waals surface area contributed by atoms with Crippen molar-refractivity contribution in [1.29, 1.82) is 0 Å². The summed E-state index contributed by atoms with van der Waals surface area (Å²) in [6.45, 7) is 6.75. The Morgan fingerprint density at radius 3 is 2.75 bits per heavy atom. The fraction of sp³-hybridized carbons (Fsp3) is 0.556. The lowest BCUT2D eigenvalue weighted by atomic mass is 9.73. The summed E-state index contributed by atoms with van der Waals surface area (Å²) in [5.41, 5.74) is 8.61. The predicted octanol–water partition coefficient (Wildman–Crippen LogP) is 4.61. The van der Waals surface area contributed by atoms with Crippen LogP contribution in [0.1, 0.15) is 50.4 Å². The zero-order chi connectivity index (χ0) is 14.3. The molecule has 1 aliphatic carbocycles. The number of furan rings is 1. The Hall–Kier alpha value is -1.28. The van der Waals surface area contributed by atoms with Crippen molar-refractivity contribution in [2.75, 3.05) is 0 Å². The lowest BCUT2D eigenvalue weighted by Crippen LogP contribution is -2.35. The van der Waals surface area contributed by atoms with Crippen LogP contribution < -0.4 is 5.73 Å². The average molecular weight is 271 g/mol. The van der Waals surface area contributed by atoms with Gasteiger partial charge in [-0.15, -0.1) is 0 Å². The van der Waals surface area contributed by atoms with Crippen LogP contribution in [-0.2, 0) is 0 Å². The van der Waals surface area contributed by atoms with Crippen LogP contribution in [0.2, 0.25) is 0 Å². The number of rotatable bonds is 2. The first-order valence-electron chi connectivity index (χ1n) is 7.81. The topological polar surface area (TPSA) is 39.2 Å². The van der Waals surface area contributed by atoms with Gasteiger partial charge in [-0.1, -0.05) is 32.0 Å². The molecule has 1 fully saturated rings. The third-order valence-corrected chi connectivity index (χ3v) is 5.01. The lowest BCUT2D eigenvalue weighted by Gasteiger charge is -2.35. The van der Waals surface area contributed by atoms with E-state index >= 15 is 0 Å².